The van der Waals surface area contributed by atoms with Crippen LogP contribution in [0.4, 0.5) is 0 Å². The predicted octanol–water partition coefficient (Wildman–Crippen LogP) is 3.23. The molecule has 0 heterocycles. The summed E-state index contributed by atoms with van der Waals surface area (Å²) in [4.78, 5) is 3.74. The molecule has 102 valence electrons. The molecule has 1 rings (SSSR count). The molecule has 0 spiro atoms. The maximum Gasteiger partial charge on any atom is 0.0206 e. The van der Waals surface area contributed by atoms with E-state index >= 15 is 0 Å². The van der Waals surface area contributed by atoms with Crippen molar-refractivity contribution in [2.24, 2.45) is 0 Å². The summed E-state index contributed by atoms with van der Waals surface area (Å²) in [5, 5.41) is 3.50. The zero-order valence-electron chi connectivity index (χ0n) is 12.1. The van der Waals surface area contributed by atoms with Gasteiger partial charge in [-0.05, 0) is 44.3 Å². The lowest BCUT2D eigenvalue weighted by Gasteiger charge is -2.23. The largest absolute Gasteiger partial charge is 0.311 e. The van der Waals surface area contributed by atoms with E-state index < -0.39 is 0 Å². The fourth-order valence-electron chi connectivity index (χ4n) is 1.76. The Morgan fingerprint density at radius 2 is 1.94 bits per heavy atom. The molecule has 1 aromatic rings. The monoisotopic (exact) mass is 266 g/mol. The van der Waals surface area contributed by atoms with Gasteiger partial charge in [0.05, 0.1) is 0 Å². The molecule has 0 amide bonds. The molecule has 1 N–H and O–H groups in total. The Morgan fingerprint density at radius 1 is 1.28 bits per heavy atom. The minimum atomic E-state index is 0.674. The Kier molecular flexibility index (Phi) is 7.40. The fourth-order valence-corrected chi connectivity index (χ4v) is 2.17. The Balaban J connectivity index is 2.21. The van der Waals surface area contributed by atoms with Crippen molar-refractivity contribution in [2.45, 2.75) is 37.8 Å². The van der Waals surface area contributed by atoms with Gasteiger partial charge in [-0.2, -0.15) is 0 Å². The highest BCUT2D eigenvalue weighted by molar-refractivity contribution is 7.98. The lowest BCUT2D eigenvalue weighted by Crippen LogP contribution is -2.34. The third-order valence-corrected chi connectivity index (χ3v) is 4.22. The predicted molar refractivity (Wildman–Crippen MR) is 82.3 cm³/mol. The second-order valence-electron chi connectivity index (χ2n) is 4.76. The minimum Gasteiger partial charge on any atom is -0.311 e. The molecular formula is C15H26N2S. The zero-order chi connectivity index (χ0) is 13.4. The summed E-state index contributed by atoms with van der Waals surface area (Å²) in [6.07, 6.45) is 3.32. The average Bonchev–Trinajstić information content (AvgIpc) is 2.43. The van der Waals surface area contributed by atoms with Crippen LogP contribution in [-0.4, -0.2) is 37.3 Å². The molecule has 0 aliphatic rings. The van der Waals surface area contributed by atoms with E-state index in [-0.39, 0.29) is 0 Å². The lowest BCUT2D eigenvalue weighted by atomic mass is 10.2. The molecule has 0 saturated carbocycles. The van der Waals surface area contributed by atoms with Crippen molar-refractivity contribution in [1.82, 2.24) is 10.2 Å². The van der Waals surface area contributed by atoms with Crippen molar-refractivity contribution in [2.75, 3.05) is 26.4 Å². The van der Waals surface area contributed by atoms with E-state index in [1.165, 1.54) is 16.9 Å². The fraction of sp³-hybridized carbons (Fsp3) is 0.600. The van der Waals surface area contributed by atoms with Gasteiger partial charge in [0.15, 0.2) is 0 Å². The normalized spacial score (nSPS) is 12.9. The molecule has 0 fully saturated rings. The molecule has 0 aliphatic carbocycles. The summed E-state index contributed by atoms with van der Waals surface area (Å²) in [6.45, 7) is 7.63. The van der Waals surface area contributed by atoms with Crippen molar-refractivity contribution >= 4 is 11.8 Å². The molecule has 1 aromatic carbocycles. The van der Waals surface area contributed by atoms with Gasteiger partial charge in [-0.25, -0.2) is 0 Å². The molecule has 18 heavy (non-hydrogen) atoms. The van der Waals surface area contributed by atoms with E-state index in [2.05, 4.69) is 61.6 Å². The average molecular weight is 266 g/mol. The van der Waals surface area contributed by atoms with Crippen LogP contribution < -0.4 is 5.32 Å². The molecule has 0 aliphatic heterocycles. The first kappa shape index (κ1) is 15.5. The molecule has 3 heteroatoms. The topological polar surface area (TPSA) is 15.3 Å². The van der Waals surface area contributed by atoms with Crippen molar-refractivity contribution in [1.29, 1.82) is 0 Å². The second kappa shape index (κ2) is 8.57. The van der Waals surface area contributed by atoms with Crippen molar-refractivity contribution < 1.29 is 0 Å². The Labute approximate surface area is 116 Å². The van der Waals surface area contributed by atoms with Gasteiger partial charge in [0.25, 0.3) is 0 Å². The van der Waals surface area contributed by atoms with Crippen LogP contribution >= 0.6 is 11.8 Å². The summed E-state index contributed by atoms with van der Waals surface area (Å²) in [6, 6.07) is 9.46. The molecule has 1 unspecified atom stereocenters. The van der Waals surface area contributed by atoms with Crippen LogP contribution in [0.1, 0.15) is 25.8 Å². The molecule has 0 bridgehead atoms. The van der Waals surface area contributed by atoms with Gasteiger partial charge in [-0.3, -0.25) is 0 Å². The summed E-state index contributed by atoms with van der Waals surface area (Å²) < 4.78 is 0. The first-order valence-electron chi connectivity index (χ1n) is 6.71. The Bertz CT molecular complexity index is 324. The number of likely N-dealkylation sites (N-methyl/N-ethyl adjacent to an activating group) is 1. The summed E-state index contributed by atoms with van der Waals surface area (Å²) in [5.41, 5.74) is 1.36. The third-order valence-electron chi connectivity index (χ3n) is 3.47. The summed E-state index contributed by atoms with van der Waals surface area (Å²) in [5.74, 6) is 0. The second-order valence-corrected chi connectivity index (χ2v) is 5.64. The Morgan fingerprint density at radius 3 is 2.50 bits per heavy atom. The van der Waals surface area contributed by atoms with Crippen LogP contribution in [-0.2, 0) is 6.54 Å². The Hall–Kier alpha value is -0.510. The van der Waals surface area contributed by atoms with Crippen LogP contribution in [0.3, 0.4) is 0 Å². The molecule has 0 aromatic heterocycles. The zero-order valence-corrected chi connectivity index (χ0v) is 12.9. The van der Waals surface area contributed by atoms with Crippen LogP contribution in [0.15, 0.2) is 29.2 Å². The van der Waals surface area contributed by atoms with Gasteiger partial charge >= 0.3 is 0 Å². The number of nitrogens with zero attached hydrogens (tertiary/aromatic N) is 1. The lowest BCUT2D eigenvalue weighted by molar-refractivity contribution is 0.251. The van der Waals surface area contributed by atoms with E-state index in [1.807, 2.05) is 0 Å². The number of hydrogen-bond acceptors (Lipinski definition) is 3. The SMILES string of the molecule is CCC(C)N(C)CCNCc1ccc(SC)cc1. The van der Waals surface area contributed by atoms with E-state index in [9.17, 15) is 0 Å². The first-order valence-corrected chi connectivity index (χ1v) is 7.93. The van der Waals surface area contributed by atoms with Crippen LogP contribution in [0, 0.1) is 0 Å². The first-order chi connectivity index (χ1) is 8.67. The van der Waals surface area contributed by atoms with Gasteiger partial charge in [-0.1, -0.05) is 19.1 Å². The highest BCUT2D eigenvalue weighted by Crippen LogP contribution is 2.14. The number of nitrogens with one attached hydrogen (secondary N) is 1. The highest BCUT2D eigenvalue weighted by Gasteiger charge is 2.05. The van der Waals surface area contributed by atoms with Gasteiger partial charge in [0.1, 0.15) is 0 Å². The number of benzene rings is 1. The number of hydrogen-bond donors (Lipinski definition) is 1. The quantitative estimate of drug-likeness (QED) is 0.574. The standard InChI is InChI=1S/C15H26N2S/c1-5-13(2)17(3)11-10-16-12-14-6-8-15(18-4)9-7-14/h6-9,13,16H,5,10-12H2,1-4H3. The van der Waals surface area contributed by atoms with Gasteiger partial charge in [0.2, 0.25) is 0 Å². The van der Waals surface area contributed by atoms with Gasteiger partial charge in [-0.15, -0.1) is 11.8 Å². The van der Waals surface area contributed by atoms with Crippen molar-refractivity contribution in [3.63, 3.8) is 0 Å². The smallest absolute Gasteiger partial charge is 0.0206 e. The summed E-state index contributed by atoms with van der Waals surface area (Å²) in [7, 11) is 2.20. The molecule has 0 radical (unpaired) electrons. The van der Waals surface area contributed by atoms with Gasteiger partial charge < -0.3 is 10.2 Å². The van der Waals surface area contributed by atoms with Crippen molar-refractivity contribution in [3.8, 4) is 0 Å². The van der Waals surface area contributed by atoms with E-state index in [0.29, 0.717) is 6.04 Å². The maximum atomic E-state index is 3.50. The van der Waals surface area contributed by atoms with E-state index in [1.54, 1.807) is 11.8 Å². The van der Waals surface area contributed by atoms with Gasteiger partial charge in [0, 0.05) is 30.6 Å². The molecule has 2 nitrogen and oxygen atoms in total. The maximum absolute atomic E-state index is 3.50. The number of thioether (sulfide) groups is 1. The molecule has 0 saturated heterocycles. The van der Waals surface area contributed by atoms with Crippen molar-refractivity contribution in [3.05, 3.63) is 29.8 Å². The van der Waals surface area contributed by atoms with E-state index in [4.69, 9.17) is 0 Å². The molecule has 1 atom stereocenters. The minimum absolute atomic E-state index is 0.674. The third kappa shape index (κ3) is 5.42. The highest BCUT2D eigenvalue weighted by atomic mass is 32.2. The summed E-state index contributed by atoms with van der Waals surface area (Å²) >= 11 is 1.79. The van der Waals surface area contributed by atoms with Crippen LogP contribution in [0.25, 0.3) is 0 Å². The number of rotatable bonds is 8. The molecular weight excluding hydrogens is 240 g/mol. The van der Waals surface area contributed by atoms with E-state index in [0.717, 1.165) is 19.6 Å². The van der Waals surface area contributed by atoms with Crippen LogP contribution in [0.5, 0.6) is 0 Å². The van der Waals surface area contributed by atoms with Crippen LogP contribution in [0.2, 0.25) is 0 Å².